The molecule has 2 aromatic carbocycles. The number of aliphatic hydroxyl groups excluding tert-OH is 1. The lowest BCUT2D eigenvalue weighted by Crippen LogP contribution is -2.51. The molecule has 2 heterocycles. The van der Waals surface area contributed by atoms with E-state index in [9.17, 15) is 10.4 Å². The highest BCUT2D eigenvalue weighted by atomic mass is 35.5. The molecule has 2 aliphatic rings. The van der Waals surface area contributed by atoms with E-state index < -0.39 is 0 Å². The monoisotopic (exact) mass is 499 g/mol. The number of nitrogens with zero attached hydrogens (tertiary/aromatic N) is 4. The van der Waals surface area contributed by atoms with Crippen LogP contribution in [-0.2, 0) is 6.54 Å². The third-order valence-corrected chi connectivity index (χ3v) is 7.19. The number of ether oxygens (including phenoxy) is 1. The summed E-state index contributed by atoms with van der Waals surface area (Å²) in [4.78, 5) is 2.26. The number of fused-ring (bicyclic) bond motifs is 3. The summed E-state index contributed by atoms with van der Waals surface area (Å²) >= 11 is 6.26. The molecule has 9 heteroatoms. The molecule has 2 fully saturated rings. The predicted molar refractivity (Wildman–Crippen MR) is 136 cm³/mol. The molecule has 2 bridgehead atoms. The largest absolute Gasteiger partial charge is 0.495 e. The molecule has 2 unspecified atom stereocenters. The van der Waals surface area contributed by atoms with Gasteiger partial charge in [-0.15, -0.1) is 22.6 Å². The summed E-state index contributed by atoms with van der Waals surface area (Å²) in [5.41, 5.74) is 1.55. The van der Waals surface area contributed by atoms with Gasteiger partial charge in [-0.1, -0.05) is 24.1 Å². The van der Waals surface area contributed by atoms with Gasteiger partial charge in [0.25, 0.3) is 0 Å². The van der Waals surface area contributed by atoms with Gasteiger partial charge in [0.1, 0.15) is 5.75 Å². The molecule has 7 nitrogen and oxygen atoms in total. The molecular formula is C25H27Cl2N5O2. The quantitative estimate of drug-likeness (QED) is 0.520. The van der Waals surface area contributed by atoms with Crippen LogP contribution >= 0.6 is 24.0 Å². The molecule has 0 spiro atoms. The average Bonchev–Trinajstić information content (AvgIpc) is 2.82. The summed E-state index contributed by atoms with van der Waals surface area (Å²) in [6.45, 7) is 2.06. The van der Waals surface area contributed by atoms with Crippen molar-refractivity contribution in [3.63, 3.8) is 0 Å². The second kappa shape index (κ2) is 10.2. The molecule has 1 aliphatic heterocycles. The second-order valence-electron chi connectivity index (χ2n) is 8.91. The number of nitrogens with one attached hydrogen (secondary N) is 1. The summed E-state index contributed by atoms with van der Waals surface area (Å²) in [5, 5.41) is 34.9. The van der Waals surface area contributed by atoms with E-state index in [4.69, 9.17) is 16.3 Å². The SMILES string of the molecule is COc1ccc(CNc2nnc(N3CC4CCCC(C3)C4O)c3ccc(C#N)cc23)cc1Cl.Cl. The molecule has 2 N–H and O–H groups in total. The fraction of sp³-hybridized carbons (Fsp3) is 0.400. The zero-order valence-corrected chi connectivity index (χ0v) is 20.4. The molecule has 5 rings (SSSR count). The topological polar surface area (TPSA) is 94.3 Å². The Bertz CT molecular complexity index is 1220. The van der Waals surface area contributed by atoms with Crippen molar-refractivity contribution in [3.05, 3.63) is 52.5 Å². The Morgan fingerprint density at radius 3 is 2.59 bits per heavy atom. The highest BCUT2D eigenvalue weighted by Crippen LogP contribution is 2.38. The van der Waals surface area contributed by atoms with E-state index in [1.165, 1.54) is 6.42 Å². The van der Waals surface area contributed by atoms with Gasteiger partial charge in [-0.2, -0.15) is 5.26 Å². The van der Waals surface area contributed by atoms with Crippen LogP contribution in [0, 0.1) is 23.2 Å². The number of nitriles is 1. The van der Waals surface area contributed by atoms with Crippen molar-refractivity contribution in [2.75, 3.05) is 30.4 Å². The fourth-order valence-corrected chi connectivity index (χ4v) is 5.44. The molecule has 34 heavy (non-hydrogen) atoms. The number of halogens is 2. The number of benzene rings is 2. The highest BCUT2D eigenvalue weighted by molar-refractivity contribution is 6.32. The van der Waals surface area contributed by atoms with Crippen molar-refractivity contribution in [1.29, 1.82) is 5.26 Å². The van der Waals surface area contributed by atoms with Crippen molar-refractivity contribution in [2.45, 2.75) is 31.9 Å². The van der Waals surface area contributed by atoms with Crippen molar-refractivity contribution >= 4 is 46.4 Å². The maximum absolute atomic E-state index is 10.6. The second-order valence-corrected chi connectivity index (χ2v) is 9.32. The van der Waals surface area contributed by atoms with Gasteiger partial charge < -0.3 is 20.1 Å². The number of hydrogen-bond donors (Lipinski definition) is 2. The minimum Gasteiger partial charge on any atom is -0.495 e. The van der Waals surface area contributed by atoms with Crippen LogP contribution in [0.25, 0.3) is 10.8 Å². The third-order valence-electron chi connectivity index (χ3n) is 6.89. The van der Waals surface area contributed by atoms with Gasteiger partial charge in [-0.3, -0.25) is 0 Å². The van der Waals surface area contributed by atoms with Crippen LogP contribution < -0.4 is 15.0 Å². The lowest BCUT2D eigenvalue weighted by molar-refractivity contribution is 0.00583. The molecule has 2 atom stereocenters. The first kappa shape index (κ1) is 24.3. The maximum atomic E-state index is 10.6. The van der Waals surface area contributed by atoms with Gasteiger partial charge >= 0.3 is 0 Å². The van der Waals surface area contributed by atoms with E-state index in [1.807, 2.05) is 36.4 Å². The number of aliphatic hydroxyl groups is 1. The lowest BCUT2D eigenvalue weighted by atomic mass is 9.75. The normalized spacial score (nSPS) is 21.5. The summed E-state index contributed by atoms with van der Waals surface area (Å²) in [5.74, 6) is 2.60. The van der Waals surface area contributed by atoms with E-state index in [0.717, 1.165) is 48.1 Å². The van der Waals surface area contributed by atoms with Gasteiger partial charge in [-0.05, 0) is 48.7 Å². The number of aromatic nitrogens is 2. The Balaban J connectivity index is 0.00000274. The van der Waals surface area contributed by atoms with E-state index in [0.29, 0.717) is 28.7 Å². The molecule has 1 aliphatic carbocycles. The summed E-state index contributed by atoms with van der Waals surface area (Å²) in [6, 6.07) is 13.5. The Labute approximate surface area is 210 Å². The summed E-state index contributed by atoms with van der Waals surface area (Å²) in [6.07, 6.45) is 3.04. The van der Waals surface area contributed by atoms with Crippen LogP contribution in [0.3, 0.4) is 0 Å². The standard InChI is InChI=1S/C25H26ClN5O2.ClH/c1-33-22-8-6-16(10-21(22)26)12-28-24-20-9-15(11-27)5-7-19(20)25(30-29-24)31-13-17-3-2-4-18(14-31)23(17)32;/h5-10,17-18,23,32H,2-4,12-14H2,1H3,(H,28,29);1H. The summed E-state index contributed by atoms with van der Waals surface area (Å²) < 4.78 is 5.23. The average molecular weight is 500 g/mol. The minimum absolute atomic E-state index is 0. The molecule has 1 aromatic heterocycles. The van der Waals surface area contributed by atoms with E-state index >= 15 is 0 Å². The zero-order chi connectivity index (χ0) is 22.9. The first-order valence-corrected chi connectivity index (χ1v) is 11.6. The highest BCUT2D eigenvalue weighted by Gasteiger charge is 2.39. The van der Waals surface area contributed by atoms with Crippen LogP contribution in [0.4, 0.5) is 11.6 Å². The Hall–Kier alpha value is -2.79. The first-order valence-electron chi connectivity index (χ1n) is 11.3. The number of hydrogen-bond acceptors (Lipinski definition) is 7. The third kappa shape index (κ3) is 4.58. The van der Waals surface area contributed by atoms with Crippen LogP contribution in [0.15, 0.2) is 36.4 Å². The van der Waals surface area contributed by atoms with Gasteiger partial charge in [0, 0.05) is 42.2 Å². The van der Waals surface area contributed by atoms with Crippen molar-refractivity contribution in [1.82, 2.24) is 10.2 Å². The summed E-state index contributed by atoms with van der Waals surface area (Å²) in [7, 11) is 1.59. The number of anilines is 2. The van der Waals surface area contributed by atoms with E-state index in [1.54, 1.807) is 7.11 Å². The predicted octanol–water partition coefficient (Wildman–Crippen LogP) is 4.79. The molecule has 1 saturated carbocycles. The number of methoxy groups -OCH3 is 1. The maximum Gasteiger partial charge on any atom is 0.159 e. The van der Waals surface area contributed by atoms with Crippen molar-refractivity contribution < 1.29 is 9.84 Å². The first-order chi connectivity index (χ1) is 16.1. The van der Waals surface area contributed by atoms with Crippen molar-refractivity contribution in [3.8, 4) is 11.8 Å². The Morgan fingerprint density at radius 1 is 1.15 bits per heavy atom. The number of rotatable bonds is 5. The Morgan fingerprint density at radius 2 is 1.91 bits per heavy atom. The zero-order valence-electron chi connectivity index (χ0n) is 18.9. The van der Waals surface area contributed by atoms with Gasteiger partial charge in [0.2, 0.25) is 0 Å². The van der Waals surface area contributed by atoms with Gasteiger partial charge in [-0.25, -0.2) is 0 Å². The van der Waals surface area contributed by atoms with E-state index in [2.05, 4.69) is 26.5 Å². The van der Waals surface area contributed by atoms with Crippen molar-refractivity contribution in [2.24, 2.45) is 11.8 Å². The smallest absolute Gasteiger partial charge is 0.159 e. The van der Waals surface area contributed by atoms with Crippen LogP contribution in [-0.4, -0.2) is 41.6 Å². The molecule has 1 saturated heterocycles. The Kier molecular flexibility index (Phi) is 7.32. The van der Waals surface area contributed by atoms with Crippen LogP contribution in [0.5, 0.6) is 5.75 Å². The van der Waals surface area contributed by atoms with Gasteiger partial charge in [0.15, 0.2) is 11.6 Å². The molecule has 178 valence electrons. The van der Waals surface area contributed by atoms with Gasteiger partial charge in [0.05, 0.1) is 29.9 Å². The fourth-order valence-electron chi connectivity index (χ4n) is 5.16. The lowest BCUT2D eigenvalue weighted by Gasteiger charge is -2.45. The van der Waals surface area contributed by atoms with E-state index in [-0.39, 0.29) is 30.3 Å². The molecule has 3 aromatic rings. The van der Waals surface area contributed by atoms with Crippen LogP contribution in [0.1, 0.15) is 30.4 Å². The molecular weight excluding hydrogens is 473 g/mol. The van der Waals surface area contributed by atoms with Crippen LogP contribution in [0.2, 0.25) is 5.02 Å². The molecule has 0 amide bonds. The number of piperidine rings is 1. The molecule has 0 radical (unpaired) electrons. The minimum atomic E-state index is -0.225.